The molecule has 22 heavy (non-hydrogen) atoms. The minimum absolute atomic E-state index is 0.0988. The van der Waals surface area contributed by atoms with E-state index < -0.39 is 0 Å². The number of carbonyl (C=O) groups excluding carboxylic acids is 2. The second-order valence-corrected chi connectivity index (χ2v) is 5.21. The number of hydrogen-bond acceptors (Lipinski definition) is 5. The summed E-state index contributed by atoms with van der Waals surface area (Å²) < 4.78 is 11.6. The van der Waals surface area contributed by atoms with Crippen molar-refractivity contribution >= 4 is 23.5 Å². The number of nitrogens with zero attached hydrogens (tertiary/aromatic N) is 2. The van der Waals surface area contributed by atoms with Crippen LogP contribution in [0.5, 0.6) is 0 Å². The SMILES string of the molecule is COC(=O)C[C@@H](C)NC(=O)c1ccc(Cn2cc(Cl)cn2)o1. The Morgan fingerprint density at radius 1 is 1.50 bits per heavy atom. The highest BCUT2D eigenvalue weighted by atomic mass is 35.5. The maximum absolute atomic E-state index is 12.0. The number of nitrogens with one attached hydrogen (secondary N) is 1. The molecule has 0 aliphatic carbocycles. The molecule has 0 saturated heterocycles. The highest BCUT2D eigenvalue weighted by molar-refractivity contribution is 6.30. The van der Waals surface area contributed by atoms with Crippen LogP contribution in [0.4, 0.5) is 0 Å². The summed E-state index contributed by atoms with van der Waals surface area (Å²) in [5, 5.41) is 7.22. The van der Waals surface area contributed by atoms with Gasteiger partial charge in [-0.2, -0.15) is 5.10 Å². The van der Waals surface area contributed by atoms with Gasteiger partial charge in [0.2, 0.25) is 0 Å². The van der Waals surface area contributed by atoms with Gasteiger partial charge in [-0.3, -0.25) is 14.3 Å². The topological polar surface area (TPSA) is 86.4 Å². The average Bonchev–Trinajstić information content (AvgIpc) is 3.08. The van der Waals surface area contributed by atoms with Crippen molar-refractivity contribution in [2.24, 2.45) is 0 Å². The number of carbonyl (C=O) groups is 2. The Morgan fingerprint density at radius 3 is 2.91 bits per heavy atom. The maximum atomic E-state index is 12.0. The van der Waals surface area contributed by atoms with Crippen molar-refractivity contribution in [3.05, 3.63) is 41.1 Å². The Balaban J connectivity index is 1.92. The Morgan fingerprint density at radius 2 is 2.27 bits per heavy atom. The number of esters is 1. The molecule has 1 N–H and O–H groups in total. The van der Waals surface area contributed by atoms with Crippen molar-refractivity contribution in [2.45, 2.75) is 25.9 Å². The summed E-state index contributed by atoms with van der Waals surface area (Å²) in [6, 6.07) is 2.91. The average molecular weight is 326 g/mol. The van der Waals surface area contributed by atoms with Crippen molar-refractivity contribution in [3.8, 4) is 0 Å². The lowest BCUT2D eigenvalue weighted by Crippen LogP contribution is -2.34. The van der Waals surface area contributed by atoms with E-state index in [9.17, 15) is 9.59 Å². The summed E-state index contributed by atoms with van der Waals surface area (Å²) in [6.07, 6.45) is 3.27. The summed E-state index contributed by atoms with van der Waals surface area (Å²) in [4.78, 5) is 23.1. The van der Waals surface area contributed by atoms with Gasteiger partial charge in [0.25, 0.3) is 5.91 Å². The smallest absolute Gasteiger partial charge is 0.307 e. The number of methoxy groups -OCH3 is 1. The molecule has 8 heteroatoms. The van der Waals surface area contributed by atoms with Crippen LogP contribution in [0.2, 0.25) is 5.02 Å². The molecule has 0 aliphatic heterocycles. The first-order chi connectivity index (χ1) is 10.5. The normalized spacial score (nSPS) is 12.0. The fourth-order valence-electron chi connectivity index (χ4n) is 1.85. The third kappa shape index (κ3) is 4.36. The van der Waals surface area contributed by atoms with E-state index in [0.717, 1.165) is 0 Å². The molecule has 0 saturated carbocycles. The zero-order chi connectivity index (χ0) is 16.1. The molecule has 0 radical (unpaired) electrons. The predicted molar refractivity (Wildman–Crippen MR) is 78.6 cm³/mol. The summed E-state index contributed by atoms with van der Waals surface area (Å²) in [7, 11) is 1.30. The highest BCUT2D eigenvalue weighted by Gasteiger charge is 2.16. The van der Waals surface area contributed by atoms with Crippen molar-refractivity contribution < 1.29 is 18.7 Å². The fraction of sp³-hybridized carbons (Fsp3) is 0.357. The van der Waals surface area contributed by atoms with Crippen LogP contribution >= 0.6 is 11.6 Å². The van der Waals surface area contributed by atoms with Gasteiger partial charge in [0, 0.05) is 12.2 Å². The Kier molecular flexibility index (Phi) is 5.21. The monoisotopic (exact) mass is 325 g/mol. The molecule has 2 aromatic rings. The van der Waals surface area contributed by atoms with E-state index in [2.05, 4.69) is 15.2 Å². The molecule has 7 nitrogen and oxygen atoms in total. The number of furan rings is 1. The second-order valence-electron chi connectivity index (χ2n) is 4.78. The Hall–Kier alpha value is -2.28. The quantitative estimate of drug-likeness (QED) is 0.819. The zero-order valence-corrected chi connectivity index (χ0v) is 13.0. The van der Waals surface area contributed by atoms with Gasteiger partial charge in [0.1, 0.15) is 5.76 Å². The fourth-order valence-corrected chi connectivity index (χ4v) is 2.00. The first kappa shape index (κ1) is 16.1. The van der Waals surface area contributed by atoms with E-state index in [-0.39, 0.29) is 30.1 Å². The van der Waals surface area contributed by atoms with Crippen molar-refractivity contribution in [2.75, 3.05) is 7.11 Å². The van der Waals surface area contributed by atoms with Crippen LogP contribution in [-0.4, -0.2) is 34.8 Å². The molecule has 2 rings (SSSR count). The van der Waals surface area contributed by atoms with Gasteiger partial charge in [0.05, 0.1) is 31.3 Å². The summed E-state index contributed by atoms with van der Waals surface area (Å²) in [6.45, 7) is 2.09. The first-order valence-electron chi connectivity index (χ1n) is 6.62. The van der Waals surface area contributed by atoms with Gasteiger partial charge >= 0.3 is 5.97 Å². The minimum Gasteiger partial charge on any atom is -0.469 e. The predicted octanol–water partition coefficient (Wildman–Crippen LogP) is 1.86. The molecule has 1 amide bonds. The third-order valence-corrected chi connectivity index (χ3v) is 3.08. The van der Waals surface area contributed by atoms with E-state index in [1.165, 1.54) is 13.3 Å². The highest BCUT2D eigenvalue weighted by Crippen LogP contribution is 2.12. The number of ether oxygens (including phenoxy) is 1. The van der Waals surface area contributed by atoms with Crippen LogP contribution in [0.15, 0.2) is 28.9 Å². The number of hydrogen-bond donors (Lipinski definition) is 1. The van der Waals surface area contributed by atoms with Gasteiger partial charge in [-0.05, 0) is 19.1 Å². The van der Waals surface area contributed by atoms with Gasteiger partial charge in [0.15, 0.2) is 5.76 Å². The van der Waals surface area contributed by atoms with E-state index in [1.807, 2.05) is 0 Å². The molecule has 0 aliphatic rings. The van der Waals surface area contributed by atoms with Crippen LogP contribution in [0, 0.1) is 0 Å². The standard InChI is InChI=1S/C14H16ClN3O4/c1-9(5-13(19)21-2)17-14(20)12-4-3-11(22-12)8-18-7-10(15)6-16-18/h3-4,6-7,9H,5,8H2,1-2H3,(H,17,20)/t9-/m1/s1. The lowest BCUT2D eigenvalue weighted by atomic mass is 10.2. The molecule has 118 valence electrons. The summed E-state index contributed by atoms with van der Waals surface area (Å²) >= 11 is 5.78. The number of aromatic nitrogens is 2. The van der Waals surface area contributed by atoms with Crippen LogP contribution in [0.25, 0.3) is 0 Å². The van der Waals surface area contributed by atoms with E-state index in [1.54, 1.807) is 29.9 Å². The molecule has 2 aromatic heterocycles. The number of amides is 1. The van der Waals surface area contributed by atoms with Crippen LogP contribution in [0.1, 0.15) is 29.7 Å². The molecule has 0 aromatic carbocycles. The number of rotatable bonds is 6. The van der Waals surface area contributed by atoms with Crippen molar-refractivity contribution in [3.63, 3.8) is 0 Å². The van der Waals surface area contributed by atoms with Crippen LogP contribution in [0.3, 0.4) is 0 Å². The molecular weight excluding hydrogens is 310 g/mol. The van der Waals surface area contributed by atoms with Gasteiger partial charge in [-0.15, -0.1) is 0 Å². The Labute approximate surface area is 132 Å². The third-order valence-electron chi connectivity index (χ3n) is 2.88. The maximum Gasteiger partial charge on any atom is 0.307 e. The molecule has 0 fully saturated rings. The number of halogens is 1. The molecule has 0 unspecified atom stereocenters. The van der Waals surface area contributed by atoms with E-state index >= 15 is 0 Å². The zero-order valence-electron chi connectivity index (χ0n) is 12.2. The lowest BCUT2D eigenvalue weighted by Gasteiger charge is -2.11. The van der Waals surface area contributed by atoms with Crippen molar-refractivity contribution in [1.29, 1.82) is 0 Å². The minimum atomic E-state index is -0.388. The van der Waals surface area contributed by atoms with Crippen molar-refractivity contribution in [1.82, 2.24) is 15.1 Å². The molecule has 2 heterocycles. The summed E-state index contributed by atoms with van der Waals surface area (Å²) in [5.41, 5.74) is 0. The molecule has 0 spiro atoms. The van der Waals surface area contributed by atoms with Gasteiger partial charge < -0.3 is 14.5 Å². The van der Waals surface area contributed by atoms with Crippen LogP contribution in [-0.2, 0) is 16.1 Å². The summed E-state index contributed by atoms with van der Waals surface area (Å²) in [5.74, 6) is -0.0276. The lowest BCUT2D eigenvalue weighted by molar-refractivity contribution is -0.141. The molecule has 1 atom stereocenters. The van der Waals surface area contributed by atoms with E-state index in [4.69, 9.17) is 16.0 Å². The van der Waals surface area contributed by atoms with Crippen LogP contribution < -0.4 is 5.32 Å². The largest absolute Gasteiger partial charge is 0.469 e. The van der Waals surface area contributed by atoms with Gasteiger partial charge in [-0.1, -0.05) is 11.6 Å². The molecular formula is C14H16ClN3O4. The second kappa shape index (κ2) is 7.13. The molecule has 0 bridgehead atoms. The van der Waals surface area contributed by atoms with Gasteiger partial charge in [-0.25, -0.2) is 0 Å². The van der Waals surface area contributed by atoms with E-state index in [0.29, 0.717) is 17.3 Å². The Bertz CT molecular complexity index is 665. The first-order valence-corrected chi connectivity index (χ1v) is 7.00.